The number of halogens is 1. The smallest absolute Gasteiger partial charge is 0.264 e. The Morgan fingerprint density at radius 1 is 1.41 bits per heavy atom. The van der Waals surface area contributed by atoms with Crippen molar-refractivity contribution in [2.75, 3.05) is 5.73 Å². The highest BCUT2D eigenvalue weighted by Crippen LogP contribution is 2.48. The summed E-state index contributed by atoms with van der Waals surface area (Å²) >= 11 is 3.27. The van der Waals surface area contributed by atoms with Crippen LogP contribution in [0.5, 0.6) is 0 Å². The zero-order valence-corrected chi connectivity index (χ0v) is 11.3. The van der Waals surface area contributed by atoms with Crippen molar-refractivity contribution >= 4 is 21.6 Å². The highest BCUT2D eigenvalue weighted by Gasteiger charge is 2.39. The van der Waals surface area contributed by atoms with E-state index in [1.54, 1.807) is 16.8 Å². The maximum atomic E-state index is 12.0. The number of aromatic nitrogens is 1. The van der Waals surface area contributed by atoms with E-state index >= 15 is 0 Å². The zero-order chi connectivity index (χ0) is 12.0. The topological polar surface area (TPSA) is 48.0 Å². The summed E-state index contributed by atoms with van der Waals surface area (Å²) in [5.41, 5.74) is 6.48. The van der Waals surface area contributed by atoms with Crippen LogP contribution < -0.4 is 11.3 Å². The molecule has 0 radical (unpaired) electrons. The summed E-state index contributed by atoms with van der Waals surface area (Å²) in [5.74, 6) is 2.44. The number of nitrogens with zero attached hydrogens (tertiary/aromatic N) is 1. The number of anilines is 1. The molecule has 3 atom stereocenters. The molecule has 1 aromatic heterocycles. The Hall–Kier alpha value is -0.770. The van der Waals surface area contributed by atoms with E-state index < -0.39 is 0 Å². The van der Waals surface area contributed by atoms with E-state index in [4.69, 9.17) is 5.73 Å². The Morgan fingerprint density at radius 2 is 2.24 bits per heavy atom. The second-order valence-electron chi connectivity index (χ2n) is 5.51. The fourth-order valence-corrected chi connectivity index (χ4v) is 4.10. The van der Waals surface area contributed by atoms with Crippen molar-refractivity contribution in [2.45, 2.75) is 32.2 Å². The van der Waals surface area contributed by atoms with Gasteiger partial charge in [-0.1, -0.05) is 6.42 Å². The molecule has 3 rings (SSSR count). The Bertz CT molecular complexity index is 497. The van der Waals surface area contributed by atoms with Gasteiger partial charge in [0.15, 0.2) is 0 Å². The van der Waals surface area contributed by atoms with Crippen molar-refractivity contribution in [1.82, 2.24) is 4.57 Å². The highest BCUT2D eigenvalue weighted by atomic mass is 79.9. The Labute approximate surface area is 109 Å². The number of nitrogens with two attached hydrogens (primary N) is 1. The molecular formula is C13H17BrN2O. The summed E-state index contributed by atoms with van der Waals surface area (Å²) in [4.78, 5) is 12.0. The first kappa shape index (κ1) is 11.3. The lowest BCUT2D eigenvalue weighted by Crippen LogP contribution is -2.26. The minimum atomic E-state index is 0.0435. The maximum Gasteiger partial charge on any atom is 0.264 e. The third-order valence-electron chi connectivity index (χ3n) is 4.38. The highest BCUT2D eigenvalue weighted by molar-refractivity contribution is 9.10. The van der Waals surface area contributed by atoms with Crippen molar-refractivity contribution in [3.05, 3.63) is 27.1 Å². The van der Waals surface area contributed by atoms with Crippen molar-refractivity contribution in [2.24, 2.45) is 17.8 Å². The SMILES string of the molecule is Nc1cc(Br)c(=O)n(CC2CC3CCC2C3)c1. The van der Waals surface area contributed by atoms with Crippen LogP contribution in [0.25, 0.3) is 0 Å². The van der Waals surface area contributed by atoms with Gasteiger partial charge in [-0.3, -0.25) is 4.79 Å². The molecule has 92 valence electrons. The van der Waals surface area contributed by atoms with Gasteiger partial charge in [0.2, 0.25) is 0 Å². The average Bonchev–Trinajstić information content (AvgIpc) is 2.87. The summed E-state index contributed by atoms with van der Waals surface area (Å²) in [6, 6.07) is 1.68. The standard InChI is InChI=1S/C13H17BrN2O/c14-12-5-11(15)7-16(13(12)17)6-10-4-8-1-2-9(10)3-8/h5,7-10H,1-4,6,15H2. The average molecular weight is 297 g/mol. The van der Waals surface area contributed by atoms with Crippen LogP contribution in [0, 0.1) is 17.8 Å². The fraction of sp³-hybridized carbons (Fsp3) is 0.615. The number of pyridine rings is 1. The molecule has 0 aliphatic heterocycles. The molecule has 3 nitrogen and oxygen atoms in total. The Morgan fingerprint density at radius 3 is 2.88 bits per heavy atom. The monoisotopic (exact) mass is 296 g/mol. The lowest BCUT2D eigenvalue weighted by Gasteiger charge is -2.22. The molecule has 1 heterocycles. The van der Waals surface area contributed by atoms with Gasteiger partial charge in [-0.2, -0.15) is 0 Å². The van der Waals surface area contributed by atoms with Gasteiger partial charge in [0.05, 0.1) is 4.47 Å². The van der Waals surface area contributed by atoms with Crippen LogP contribution in [0.15, 0.2) is 21.5 Å². The third-order valence-corrected chi connectivity index (χ3v) is 4.95. The molecule has 2 bridgehead atoms. The van der Waals surface area contributed by atoms with Crippen LogP contribution in [0.4, 0.5) is 5.69 Å². The van der Waals surface area contributed by atoms with Crippen molar-refractivity contribution in [1.29, 1.82) is 0 Å². The Kier molecular flexibility index (Phi) is 2.77. The molecular weight excluding hydrogens is 280 g/mol. The van der Waals surface area contributed by atoms with Crippen LogP contribution in [0.2, 0.25) is 0 Å². The van der Waals surface area contributed by atoms with E-state index in [2.05, 4.69) is 15.9 Å². The summed E-state index contributed by atoms with van der Waals surface area (Å²) in [6.07, 6.45) is 7.20. The minimum Gasteiger partial charge on any atom is -0.398 e. The van der Waals surface area contributed by atoms with E-state index in [0.29, 0.717) is 16.1 Å². The van der Waals surface area contributed by atoms with Crippen LogP contribution in [0.1, 0.15) is 25.7 Å². The van der Waals surface area contributed by atoms with E-state index in [1.165, 1.54) is 25.7 Å². The van der Waals surface area contributed by atoms with Crippen LogP contribution in [-0.2, 0) is 6.54 Å². The number of nitrogen functional groups attached to an aromatic ring is 1. The first-order chi connectivity index (χ1) is 8.13. The van der Waals surface area contributed by atoms with Gasteiger partial charge in [-0.25, -0.2) is 0 Å². The lowest BCUT2D eigenvalue weighted by atomic mass is 9.89. The molecule has 0 spiro atoms. The van der Waals surface area contributed by atoms with Crippen molar-refractivity contribution < 1.29 is 0 Å². The molecule has 4 heteroatoms. The quantitative estimate of drug-likeness (QED) is 0.912. The molecule has 2 aliphatic carbocycles. The molecule has 17 heavy (non-hydrogen) atoms. The second-order valence-corrected chi connectivity index (χ2v) is 6.37. The molecule has 0 aromatic carbocycles. The largest absolute Gasteiger partial charge is 0.398 e. The second kappa shape index (κ2) is 4.16. The van der Waals surface area contributed by atoms with Crippen LogP contribution in [-0.4, -0.2) is 4.57 Å². The molecule has 2 aliphatic rings. The number of hydrogen-bond donors (Lipinski definition) is 1. The predicted molar refractivity (Wildman–Crippen MR) is 71.8 cm³/mol. The molecule has 2 saturated carbocycles. The van der Waals surface area contributed by atoms with Gasteiger partial charge in [-0.05, 0) is 59.0 Å². The van der Waals surface area contributed by atoms with Crippen LogP contribution in [0.3, 0.4) is 0 Å². The molecule has 2 fully saturated rings. The summed E-state index contributed by atoms with van der Waals surface area (Å²) in [6.45, 7) is 0.837. The van der Waals surface area contributed by atoms with Gasteiger partial charge >= 0.3 is 0 Å². The Balaban J connectivity index is 1.84. The normalized spacial score (nSPS) is 31.0. The van der Waals surface area contributed by atoms with Crippen LogP contribution >= 0.6 is 15.9 Å². The van der Waals surface area contributed by atoms with Crippen molar-refractivity contribution in [3.63, 3.8) is 0 Å². The fourth-order valence-electron chi connectivity index (χ4n) is 3.61. The van der Waals surface area contributed by atoms with Gasteiger partial charge in [-0.15, -0.1) is 0 Å². The molecule has 1 aromatic rings. The van der Waals surface area contributed by atoms with E-state index in [9.17, 15) is 4.79 Å². The van der Waals surface area contributed by atoms with E-state index in [1.807, 2.05) is 0 Å². The molecule has 2 N–H and O–H groups in total. The summed E-state index contributed by atoms with van der Waals surface area (Å²) in [5, 5.41) is 0. The molecule has 3 unspecified atom stereocenters. The maximum absolute atomic E-state index is 12.0. The lowest BCUT2D eigenvalue weighted by molar-refractivity contribution is 0.293. The minimum absolute atomic E-state index is 0.0435. The van der Waals surface area contributed by atoms with Gasteiger partial charge in [0.25, 0.3) is 5.56 Å². The first-order valence-electron chi connectivity index (χ1n) is 6.29. The van der Waals surface area contributed by atoms with Gasteiger partial charge < -0.3 is 10.3 Å². The predicted octanol–water partition coefficient (Wildman–Crippen LogP) is 2.63. The first-order valence-corrected chi connectivity index (χ1v) is 7.08. The van der Waals surface area contributed by atoms with Gasteiger partial charge in [0, 0.05) is 18.4 Å². The number of hydrogen-bond acceptors (Lipinski definition) is 2. The summed E-state index contributed by atoms with van der Waals surface area (Å²) < 4.78 is 2.35. The molecule has 0 amide bonds. The van der Waals surface area contributed by atoms with Crippen molar-refractivity contribution in [3.8, 4) is 0 Å². The number of rotatable bonds is 2. The van der Waals surface area contributed by atoms with Gasteiger partial charge in [0.1, 0.15) is 0 Å². The molecule has 0 saturated heterocycles. The number of fused-ring (bicyclic) bond motifs is 2. The third kappa shape index (κ3) is 2.03. The zero-order valence-electron chi connectivity index (χ0n) is 9.73. The van der Waals surface area contributed by atoms with E-state index in [0.717, 1.165) is 18.4 Å². The van der Waals surface area contributed by atoms with E-state index in [-0.39, 0.29) is 5.56 Å². The summed E-state index contributed by atoms with van der Waals surface area (Å²) in [7, 11) is 0.